The van der Waals surface area contributed by atoms with Crippen molar-refractivity contribution in [1.82, 2.24) is 20.0 Å². The van der Waals surface area contributed by atoms with Crippen molar-refractivity contribution in [3.8, 4) is 11.4 Å². The fourth-order valence-electron chi connectivity index (χ4n) is 2.86. The molecule has 0 spiro atoms. The zero-order valence-electron chi connectivity index (χ0n) is 13.0. The molecule has 1 aliphatic heterocycles. The molecule has 1 aliphatic rings. The molecule has 0 radical (unpaired) electrons. The van der Waals surface area contributed by atoms with Gasteiger partial charge in [-0.25, -0.2) is 4.68 Å². The van der Waals surface area contributed by atoms with Crippen molar-refractivity contribution in [3.05, 3.63) is 42.2 Å². The molecule has 6 heteroatoms. The monoisotopic (exact) mass is 322 g/mol. The third kappa shape index (κ3) is 3.61. The van der Waals surface area contributed by atoms with Crippen LogP contribution in [-0.4, -0.2) is 47.5 Å². The van der Waals surface area contributed by atoms with Gasteiger partial charge in [-0.15, -0.1) is 12.4 Å². The van der Waals surface area contributed by atoms with E-state index in [1.54, 1.807) is 7.11 Å². The molecule has 0 bridgehead atoms. The molecule has 1 saturated heterocycles. The molecule has 1 fully saturated rings. The van der Waals surface area contributed by atoms with Crippen molar-refractivity contribution in [3.63, 3.8) is 0 Å². The Hall–Kier alpha value is -1.56. The number of nitrogens with one attached hydrogen (secondary N) is 1. The van der Waals surface area contributed by atoms with Crippen LogP contribution in [0.5, 0.6) is 5.75 Å². The maximum Gasteiger partial charge on any atom is 0.144 e. The number of methoxy groups -OCH3 is 1. The molecule has 5 nitrogen and oxygen atoms in total. The minimum atomic E-state index is 0. The van der Waals surface area contributed by atoms with E-state index in [4.69, 9.17) is 4.74 Å². The second kappa shape index (κ2) is 7.63. The van der Waals surface area contributed by atoms with Gasteiger partial charge in [0, 0.05) is 38.4 Å². The van der Waals surface area contributed by atoms with Gasteiger partial charge in [0.1, 0.15) is 11.4 Å². The van der Waals surface area contributed by atoms with Gasteiger partial charge < -0.3 is 10.1 Å². The zero-order chi connectivity index (χ0) is 14.7. The number of nitrogens with zero attached hydrogens (tertiary/aromatic N) is 3. The SMILES string of the molecule is COc1ccccc1-n1nccc1CN1CCNC(C)C1.Cl. The number of ether oxygens (including phenoxy) is 1. The Balaban J connectivity index is 0.00000176. The maximum absolute atomic E-state index is 5.45. The Morgan fingerprint density at radius 1 is 1.32 bits per heavy atom. The van der Waals surface area contributed by atoms with Crippen molar-refractivity contribution in [2.45, 2.75) is 19.5 Å². The third-order valence-electron chi connectivity index (χ3n) is 3.87. The standard InChI is InChI=1S/C16H22N4O.ClH/c1-13-11-19(10-9-17-13)12-14-7-8-18-20(14)15-5-3-4-6-16(15)21-2;/h3-8,13,17H,9-12H2,1-2H3;1H. The third-order valence-corrected chi connectivity index (χ3v) is 3.87. The second-order valence-electron chi connectivity index (χ2n) is 5.50. The van der Waals surface area contributed by atoms with E-state index in [0.29, 0.717) is 6.04 Å². The Bertz CT molecular complexity index is 601. The van der Waals surface area contributed by atoms with Gasteiger partial charge in [-0.1, -0.05) is 12.1 Å². The molecule has 120 valence electrons. The van der Waals surface area contributed by atoms with Crippen molar-refractivity contribution in [1.29, 1.82) is 0 Å². The lowest BCUT2D eigenvalue weighted by Gasteiger charge is -2.31. The van der Waals surface area contributed by atoms with Gasteiger partial charge in [0.15, 0.2) is 0 Å². The van der Waals surface area contributed by atoms with Gasteiger partial charge in [0.2, 0.25) is 0 Å². The number of rotatable bonds is 4. The Morgan fingerprint density at radius 2 is 2.14 bits per heavy atom. The van der Waals surface area contributed by atoms with Crippen LogP contribution in [0.3, 0.4) is 0 Å². The molecule has 1 atom stereocenters. The Labute approximate surface area is 137 Å². The van der Waals surface area contributed by atoms with Gasteiger partial charge in [-0.3, -0.25) is 4.90 Å². The quantitative estimate of drug-likeness (QED) is 0.936. The summed E-state index contributed by atoms with van der Waals surface area (Å²) in [5.41, 5.74) is 2.18. The second-order valence-corrected chi connectivity index (χ2v) is 5.50. The predicted octanol–water partition coefficient (Wildman–Crippen LogP) is 2.10. The van der Waals surface area contributed by atoms with E-state index in [2.05, 4.69) is 28.3 Å². The van der Waals surface area contributed by atoms with E-state index >= 15 is 0 Å². The first kappa shape index (κ1) is 16.8. The minimum absolute atomic E-state index is 0. The van der Waals surface area contributed by atoms with Crippen molar-refractivity contribution in [2.75, 3.05) is 26.7 Å². The smallest absolute Gasteiger partial charge is 0.144 e. The highest BCUT2D eigenvalue weighted by atomic mass is 35.5. The molecule has 1 N–H and O–H groups in total. The number of halogens is 1. The summed E-state index contributed by atoms with van der Waals surface area (Å²) < 4.78 is 7.42. The molecule has 1 aromatic heterocycles. The normalized spacial score (nSPS) is 18.7. The van der Waals surface area contributed by atoms with E-state index in [0.717, 1.165) is 37.6 Å². The van der Waals surface area contributed by atoms with Gasteiger partial charge in [0.25, 0.3) is 0 Å². The molecular formula is C16H23ClN4O. The van der Waals surface area contributed by atoms with E-state index in [1.807, 2.05) is 35.1 Å². The lowest BCUT2D eigenvalue weighted by atomic mass is 10.2. The van der Waals surface area contributed by atoms with E-state index in [-0.39, 0.29) is 12.4 Å². The lowest BCUT2D eigenvalue weighted by molar-refractivity contribution is 0.196. The maximum atomic E-state index is 5.45. The number of hydrogen-bond donors (Lipinski definition) is 1. The van der Waals surface area contributed by atoms with Crippen LogP contribution in [0.15, 0.2) is 36.5 Å². The van der Waals surface area contributed by atoms with Crippen molar-refractivity contribution < 1.29 is 4.74 Å². The molecule has 2 heterocycles. The van der Waals surface area contributed by atoms with E-state index in [1.165, 1.54) is 5.69 Å². The van der Waals surface area contributed by atoms with Crippen LogP contribution in [-0.2, 0) is 6.54 Å². The van der Waals surface area contributed by atoms with Crippen molar-refractivity contribution in [2.24, 2.45) is 0 Å². The van der Waals surface area contributed by atoms with Crippen molar-refractivity contribution >= 4 is 12.4 Å². The summed E-state index contributed by atoms with van der Waals surface area (Å²) >= 11 is 0. The minimum Gasteiger partial charge on any atom is -0.494 e. The average molecular weight is 323 g/mol. The first-order chi connectivity index (χ1) is 10.3. The summed E-state index contributed by atoms with van der Waals surface area (Å²) in [6, 6.07) is 10.6. The van der Waals surface area contributed by atoms with Crippen LogP contribution in [0.25, 0.3) is 5.69 Å². The molecule has 1 unspecified atom stereocenters. The number of hydrogen-bond acceptors (Lipinski definition) is 4. The molecule has 0 aliphatic carbocycles. The Kier molecular flexibility index (Phi) is 5.83. The predicted molar refractivity (Wildman–Crippen MR) is 90.1 cm³/mol. The van der Waals surface area contributed by atoms with Gasteiger partial charge in [-0.2, -0.15) is 5.10 Å². The van der Waals surface area contributed by atoms with Crippen LogP contribution in [0, 0.1) is 0 Å². The Morgan fingerprint density at radius 3 is 2.91 bits per heavy atom. The lowest BCUT2D eigenvalue weighted by Crippen LogP contribution is -2.48. The van der Waals surface area contributed by atoms with Gasteiger partial charge >= 0.3 is 0 Å². The van der Waals surface area contributed by atoms with Crippen LogP contribution in [0.4, 0.5) is 0 Å². The summed E-state index contributed by atoms with van der Waals surface area (Å²) in [6.45, 7) is 6.32. The fourth-order valence-corrected chi connectivity index (χ4v) is 2.86. The number of para-hydroxylation sites is 2. The first-order valence-electron chi connectivity index (χ1n) is 7.40. The topological polar surface area (TPSA) is 42.3 Å². The number of benzene rings is 1. The highest BCUT2D eigenvalue weighted by Crippen LogP contribution is 2.23. The number of aromatic nitrogens is 2. The molecular weight excluding hydrogens is 300 g/mol. The largest absolute Gasteiger partial charge is 0.494 e. The summed E-state index contributed by atoms with van der Waals surface area (Å²) in [6.07, 6.45) is 1.85. The highest BCUT2D eigenvalue weighted by molar-refractivity contribution is 5.85. The highest BCUT2D eigenvalue weighted by Gasteiger charge is 2.18. The molecule has 0 amide bonds. The van der Waals surface area contributed by atoms with Crippen LogP contribution in [0.1, 0.15) is 12.6 Å². The molecule has 3 rings (SSSR count). The summed E-state index contributed by atoms with van der Waals surface area (Å²) in [5.74, 6) is 0.844. The summed E-state index contributed by atoms with van der Waals surface area (Å²) in [4.78, 5) is 2.46. The zero-order valence-corrected chi connectivity index (χ0v) is 13.8. The van der Waals surface area contributed by atoms with Crippen LogP contribution in [0.2, 0.25) is 0 Å². The molecule has 22 heavy (non-hydrogen) atoms. The molecule has 2 aromatic rings. The molecule has 0 saturated carbocycles. The summed E-state index contributed by atoms with van der Waals surface area (Å²) in [7, 11) is 1.69. The average Bonchev–Trinajstić information content (AvgIpc) is 2.95. The molecule has 1 aromatic carbocycles. The fraction of sp³-hybridized carbons (Fsp3) is 0.438. The number of piperazine rings is 1. The van der Waals surface area contributed by atoms with Crippen LogP contribution >= 0.6 is 12.4 Å². The summed E-state index contributed by atoms with van der Waals surface area (Å²) in [5, 5.41) is 7.95. The van der Waals surface area contributed by atoms with E-state index < -0.39 is 0 Å². The van der Waals surface area contributed by atoms with Gasteiger partial charge in [-0.05, 0) is 25.1 Å². The van der Waals surface area contributed by atoms with Crippen LogP contribution < -0.4 is 10.1 Å². The van der Waals surface area contributed by atoms with Gasteiger partial charge in [0.05, 0.1) is 12.8 Å². The first-order valence-corrected chi connectivity index (χ1v) is 7.40. The van der Waals surface area contributed by atoms with E-state index in [9.17, 15) is 0 Å².